The van der Waals surface area contributed by atoms with Crippen LogP contribution in [0.3, 0.4) is 0 Å². The molecule has 1 aromatic heterocycles. The van der Waals surface area contributed by atoms with Gasteiger partial charge in [-0.25, -0.2) is 0 Å². The van der Waals surface area contributed by atoms with Gasteiger partial charge in [0, 0.05) is 6.07 Å². The number of hydrogen-bond donors (Lipinski definition) is 2. The number of carboxylic acids is 1. The number of para-hydroxylation sites is 1. The Morgan fingerprint density at radius 2 is 2.08 bits per heavy atom. The van der Waals surface area contributed by atoms with Crippen LogP contribution in [0.2, 0.25) is 0 Å². The number of carbonyl (C=O) groups is 1. The lowest BCUT2D eigenvalue weighted by Crippen LogP contribution is -2.36. The zero-order chi connectivity index (χ0) is 17.5. The first-order valence-corrected chi connectivity index (χ1v) is 7.81. The van der Waals surface area contributed by atoms with Gasteiger partial charge in [-0.15, -0.1) is 0 Å². The molecule has 0 aliphatic rings. The summed E-state index contributed by atoms with van der Waals surface area (Å²) in [6.07, 6.45) is 2.29. The smallest absolute Gasteiger partial charge is 0.320 e. The summed E-state index contributed by atoms with van der Waals surface area (Å²) < 4.78 is 5.64. The number of unbranched alkanes of at least 4 members (excludes halogenated alkanes) is 1. The van der Waals surface area contributed by atoms with Crippen LogP contribution in [-0.4, -0.2) is 22.0 Å². The Hall–Kier alpha value is -2.67. The Bertz CT molecular complexity index is 711. The first kappa shape index (κ1) is 17.7. The van der Waals surface area contributed by atoms with Gasteiger partial charge in [0.2, 0.25) is 0 Å². The van der Waals surface area contributed by atoms with Gasteiger partial charge in [0.05, 0.1) is 17.0 Å². The van der Waals surface area contributed by atoms with Gasteiger partial charge in [-0.3, -0.25) is 20.2 Å². The maximum absolute atomic E-state index is 11.2. The van der Waals surface area contributed by atoms with E-state index in [4.69, 9.17) is 4.42 Å². The van der Waals surface area contributed by atoms with Gasteiger partial charge in [-0.05, 0) is 24.6 Å². The number of furan rings is 1. The van der Waals surface area contributed by atoms with E-state index in [1.165, 1.54) is 6.07 Å². The number of nitrogens with one attached hydrogen (secondary N) is 1. The second-order valence-electron chi connectivity index (χ2n) is 5.45. The molecule has 0 saturated carbocycles. The number of nitro groups is 1. The van der Waals surface area contributed by atoms with Crippen LogP contribution in [0.25, 0.3) is 11.3 Å². The molecule has 0 aliphatic carbocycles. The summed E-state index contributed by atoms with van der Waals surface area (Å²) >= 11 is 0. The fourth-order valence-corrected chi connectivity index (χ4v) is 2.40. The summed E-state index contributed by atoms with van der Waals surface area (Å²) in [5.74, 6) is 0.0272. The van der Waals surface area contributed by atoms with Crippen LogP contribution >= 0.6 is 0 Å². The number of nitrogens with zero attached hydrogens (tertiary/aromatic N) is 1. The van der Waals surface area contributed by atoms with Crippen molar-refractivity contribution >= 4 is 11.7 Å². The van der Waals surface area contributed by atoms with E-state index >= 15 is 0 Å². The second kappa shape index (κ2) is 8.26. The lowest BCUT2D eigenvalue weighted by molar-refractivity contribution is -0.384. The molecule has 0 spiro atoms. The van der Waals surface area contributed by atoms with Gasteiger partial charge < -0.3 is 9.52 Å². The van der Waals surface area contributed by atoms with E-state index in [1.807, 2.05) is 6.92 Å². The first-order valence-electron chi connectivity index (χ1n) is 7.81. The number of aliphatic carboxylic acids is 1. The van der Waals surface area contributed by atoms with E-state index in [-0.39, 0.29) is 12.2 Å². The molecule has 7 nitrogen and oxygen atoms in total. The van der Waals surface area contributed by atoms with Crippen molar-refractivity contribution in [2.75, 3.05) is 0 Å². The van der Waals surface area contributed by atoms with E-state index in [2.05, 4.69) is 5.32 Å². The minimum absolute atomic E-state index is 0.0299. The average Bonchev–Trinajstić information content (AvgIpc) is 3.03. The highest BCUT2D eigenvalue weighted by Crippen LogP contribution is 2.30. The standard InChI is InChI=1S/C17H20N2O5/c1-2-3-7-14(17(20)21)18-11-12-9-10-16(24-12)13-6-4-5-8-15(13)19(22)23/h4-6,8-10,14,18H,2-3,7,11H2,1H3,(H,20,21). The number of nitro benzene ring substituents is 1. The number of carboxylic acid groups (broad SMARTS) is 1. The van der Waals surface area contributed by atoms with Crippen molar-refractivity contribution in [1.29, 1.82) is 0 Å². The summed E-state index contributed by atoms with van der Waals surface area (Å²) in [7, 11) is 0. The van der Waals surface area contributed by atoms with Gasteiger partial charge in [-0.1, -0.05) is 31.9 Å². The minimum atomic E-state index is -0.895. The molecular formula is C17H20N2O5. The number of benzene rings is 1. The van der Waals surface area contributed by atoms with Crippen molar-refractivity contribution in [1.82, 2.24) is 5.32 Å². The maximum atomic E-state index is 11.2. The third-order valence-electron chi connectivity index (χ3n) is 3.69. The topological polar surface area (TPSA) is 106 Å². The van der Waals surface area contributed by atoms with Crippen molar-refractivity contribution in [3.8, 4) is 11.3 Å². The normalized spacial score (nSPS) is 12.0. The van der Waals surface area contributed by atoms with Crippen LogP contribution in [0.15, 0.2) is 40.8 Å². The van der Waals surface area contributed by atoms with Crippen LogP contribution < -0.4 is 5.32 Å². The second-order valence-corrected chi connectivity index (χ2v) is 5.45. The molecule has 1 heterocycles. The van der Waals surface area contributed by atoms with E-state index in [1.54, 1.807) is 30.3 Å². The lowest BCUT2D eigenvalue weighted by Gasteiger charge is -2.12. The summed E-state index contributed by atoms with van der Waals surface area (Å²) in [4.78, 5) is 21.8. The van der Waals surface area contributed by atoms with Gasteiger partial charge in [0.15, 0.2) is 0 Å². The van der Waals surface area contributed by atoms with Crippen LogP contribution in [0.4, 0.5) is 5.69 Å². The molecule has 1 unspecified atom stereocenters. The highest BCUT2D eigenvalue weighted by molar-refractivity contribution is 5.73. The molecule has 1 aromatic carbocycles. The minimum Gasteiger partial charge on any atom is -0.480 e. The van der Waals surface area contributed by atoms with E-state index in [0.717, 1.165) is 12.8 Å². The maximum Gasteiger partial charge on any atom is 0.320 e. The van der Waals surface area contributed by atoms with Crippen molar-refractivity contribution < 1.29 is 19.2 Å². The van der Waals surface area contributed by atoms with E-state index in [0.29, 0.717) is 23.5 Å². The predicted molar refractivity (Wildman–Crippen MR) is 88.6 cm³/mol. The molecule has 7 heteroatoms. The van der Waals surface area contributed by atoms with E-state index < -0.39 is 16.9 Å². The van der Waals surface area contributed by atoms with Gasteiger partial charge in [0.25, 0.3) is 5.69 Å². The predicted octanol–water partition coefficient (Wildman–Crippen LogP) is 3.59. The molecule has 0 radical (unpaired) electrons. The molecule has 0 saturated heterocycles. The van der Waals surface area contributed by atoms with Crippen LogP contribution in [-0.2, 0) is 11.3 Å². The van der Waals surface area contributed by atoms with Crippen molar-refractivity contribution in [2.45, 2.75) is 38.8 Å². The van der Waals surface area contributed by atoms with Crippen molar-refractivity contribution in [3.05, 3.63) is 52.3 Å². The summed E-state index contributed by atoms with van der Waals surface area (Å²) in [6, 6.07) is 9.05. The zero-order valence-corrected chi connectivity index (χ0v) is 13.4. The summed E-state index contributed by atoms with van der Waals surface area (Å²) in [6.45, 7) is 2.26. The largest absolute Gasteiger partial charge is 0.480 e. The molecule has 0 bridgehead atoms. The molecule has 0 amide bonds. The molecule has 0 aliphatic heterocycles. The zero-order valence-electron chi connectivity index (χ0n) is 13.4. The quantitative estimate of drug-likeness (QED) is 0.537. The molecule has 128 valence electrons. The Balaban J connectivity index is 2.08. The fraction of sp³-hybridized carbons (Fsp3) is 0.353. The van der Waals surface area contributed by atoms with E-state index in [9.17, 15) is 20.0 Å². The number of rotatable bonds is 9. The molecule has 2 aromatic rings. The fourth-order valence-electron chi connectivity index (χ4n) is 2.40. The highest BCUT2D eigenvalue weighted by atomic mass is 16.6. The Morgan fingerprint density at radius 1 is 1.33 bits per heavy atom. The summed E-state index contributed by atoms with van der Waals surface area (Å²) in [5, 5.41) is 23.2. The van der Waals surface area contributed by atoms with Gasteiger partial charge in [0.1, 0.15) is 17.6 Å². The Kier molecular flexibility index (Phi) is 6.08. The number of hydrogen-bond acceptors (Lipinski definition) is 5. The van der Waals surface area contributed by atoms with Crippen molar-refractivity contribution in [3.63, 3.8) is 0 Å². The molecule has 2 N–H and O–H groups in total. The monoisotopic (exact) mass is 332 g/mol. The lowest BCUT2D eigenvalue weighted by atomic mass is 10.1. The highest BCUT2D eigenvalue weighted by Gasteiger charge is 2.19. The Labute approximate surface area is 139 Å². The van der Waals surface area contributed by atoms with Crippen LogP contribution in [0, 0.1) is 10.1 Å². The Morgan fingerprint density at radius 3 is 2.75 bits per heavy atom. The van der Waals surface area contributed by atoms with Crippen LogP contribution in [0.1, 0.15) is 31.9 Å². The first-order chi connectivity index (χ1) is 11.5. The average molecular weight is 332 g/mol. The molecule has 2 rings (SSSR count). The van der Waals surface area contributed by atoms with Crippen molar-refractivity contribution in [2.24, 2.45) is 0 Å². The van der Waals surface area contributed by atoms with Gasteiger partial charge in [-0.2, -0.15) is 0 Å². The summed E-state index contributed by atoms with van der Waals surface area (Å²) in [5.41, 5.74) is 0.368. The van der Waals surface area contributed by atoms with Gasteiger partial charge >= 0.3 is 5.97 Å². The molecular weight excluding hydrogens is 312 g/mol. The molecule has 1 atom stereocenters. The van der Waals surface area contributed by atoms with Crippen LogP contribution in [0.5, 0.6) is 0 Å². The third-order valence-corrected chi connectivity index (χ3v) is 3.69. The molecule has 0 fully saturated rings. The third kappa shape index (κ3) is 4.42. The SMILES string of the molecule is CCCCC(NCc1ccc(-c2ccccc2[N+](=O)[O-])o1)C(=O)O. The molecule has 24 heavy (non-hydrogen) atoms.